The van der Waals surface area contributed by atoms with Crippen molar-refractivity contribution in [2.75, 3.05) is 16.4 Å². The summed E-state index contributed by atoms with van der Waals surface area (Å²) in [6.07, 6.45) is 0.882. The molecule has 10 rings (SSSR count). The van der Waals surface area contributed by atoms with Crippen LogP contribution in [0.1, 0.15) is 30.5 Å². The van der Waals surface area contributed by atoms with E-state index in [2.05, 4.69) is 218 Å². The molecule has 1 aliphatic carbocycles. The number of anilines is 6. The summed E-state index contributed by atoms with van der Waals surface area (Å²) < 4.78 is 6.21. The lowest BCUT2D eigenvalue weighted by Crippen LogP contribution is -2.16. The van der Waals surface area contributed by atoms with Crippen LogP contribution in [-0.4, -0.2) is 6.61 Å². The lowest BCUT2D eigenvalue weighted by molar-refractivity contribution is 0.357. The first-order chi connectivity index (χ1) is 27.6. The van der Waals surface area contributed by atoms with Crippen LogP contribution >= 0.6 is 0 Å². The zero-order valence-electron chi connectivity index (χ0n) is 31.7. The van der Waals surface area contributed by atoms with Crippen molar-refractivity contribution in [3.63, 3.8) is 0 Å². The molecular weight excluding hydrogens is 681 g/mol. The van der Waals surface area contributed by atoms with Gasteiger partial charge >= 0.3 is 0 Å². The molecule has 0 aromatic heterocycles. The predicted octanol–water partition coefficient (Wildman–Crippen LogP) is 14.2. The quantitative estimate of drug-likeness (QED) is 0.155. The van der Waals surface area contributed by atoms with E-state index >= 15 is 0 Å². The third-order valence-corrected chi connectivity index (χ3v) is 11.6. The highest BCUT2D eigenvalue weighted by atomic mass is 16.5. The molecule has 270 valence electrons. The number of nitrogens with zero attached hydrogens (tertiary/aromatic N) is 2. The van der Waals surface area contributed by atoms with Gasteiger partial charge in [0.15, 0.2) is 0 Å². The molecule has 0 fully saturated rings. The first kappa shape index (κ1) is 33.7. The van der Waals surface area contributed by atoms with E-state index in [-0.39, 0.29) is 5.41 Å². The maximum atomic E-state index is 6.21. The van der Waals surface area contributed by atoms with Gasteiger partial charge in [0, 0.05) is 51.4 Å². The van der Waals surface area contributed by atoms with E-state index in [1.807, 2.05) is 0 Å². The van der Waals surface area contributed by atoms with E-state index < -0.39 is 0 Å². The summed E-state index contributed by atoms with van der Waals surface area (Å²) in [5.41, 5.74) is 17.9. The summed E-state index contributed by atoms with van der Waals surface area (Å²) >= 11 is 0. The minimum absolute atomic E-state index is 0.147. The van der Waals surface area contributed by atoms with Crippen molar-refractivity contribution < 1.29 is 4.74 Å². The summed E-state index contributed by atoms with van der Waals surface area (Å²) in [4.78, 5) is 4.78. The van der Waals surface area contributed by atoms with Gasteiger partial charge in [-0.05, 0) is 112 Å². The molecule has 56 heavy (non-hydrogen) atoms. The molecular formula is C53H42N2O. The van der Waals surface area contributed by atoms with Gasteiger partial charge in [-0.25, -0.2) is 0 Å². The van der Waals surface area contributed by atoms with Gasteiger partial charge < -0.3 is 14.5 Å². The third-order valence-electron chi connectivity index (χ3n) is 11.6. The number of rotatable bonds is 8. The Hall–Kier alpha value is -6.84. The number of ether oxygens (including phenoxy) is 1. The monoisotopic (exact) mass is 722 g/mol. The first-order valence-electron chi connectivity index (χ1n) is 19.5. The van der Waals surface area contributed by atoms with Crippen LogP contribution in [0.15, 0.2) is 194 Å². The molecule has 0 amide bonds. The van der Waals surface area contributed by atoms with Gasteiger partial charge in [0.05, 0.1) is 12.3 Å². The smallest absolute Gasteiger partial charge is 0.123 e. The standard InChI is InChI=1S/C53H42N2O/c1-53(2)47-26-13-12-24-46(47)51-48(53)32-33-49(52(51)45-25-15-27-50-44(45)34-35-56-50)55(43-23-14-18-38(36-43)37-16-6-3-7-17-37)42-30-28-41(29-31-42)54(39-19-8-4-9-20-39)40-21-10-5-11-22-40/h3-33,36H,34-35H2,1-2H3. The fourth-order valence-corrected chi connectivity index (χ4v) is 8.93. The summed E-state index contributed by atoms with van der Waals surface area (Å²) in [6, 6.07) is 70.2. The first-order valence-corrected chi connectivity index (χ1v) is 19.5. The normalized spacial score (nSPS) is 13.3. The molecule has 0 spiro atoms. The van der Waals surface area contributed by atoms with Crippen molar-refractivity contribution >= 4 is 34.1 Å². The number of fused-ring (bicyclic) bond motifs is 4. The Morgan fingerprint density at radius 3 is 1.70 bits per heavy atom. The van der Waals surface area contributed by atoms with E-state index in [1.54, 1.807) is 0 Å². The van der Waals surface area contributed by atoms with Crippen LogP contribution in [0.25, 0.3) is 33.4 Å². The van der Waals surface area contributed by atoms with Crippen molar-refractivity contribution in [1.29, 1.82) is 0 Å². The molecule has 1 heterocycles. The second-order valence-corrected chi connectivity index (χ2v) is 15.2. The molecule has 0 bridgehead atoms. The maximum absolute atomic E-state index is 6.21. The van der Waals surface area contributed by atoms with Crippen molar-refractivity contribution in [3.8, 4) is 39.1 Å². The summed E-state index contributed by atoms with van der Waals surface area (Å²) in [5.74, 6) is 0.987. The van der Waals surface area contributed by atoms with Gasteiger partial charge in [0.25, 0.3) is 0 Å². The average molecular weight is 723 g/mol. The van der Waals surface area contributed by atoms with Crippen LogP contribution < -0.4 is 14.5 Å². The van der Waals surface area contributed by atoms with Crippen LogP contribution in [0.3, 0.4) is 0 Å². The number of hydrogen-bond donors (Lipinski definition) is 0. The summed E-state index contributed by atoms with van der Waals surface area (Å²) in [7, 11) is 0. The molecule has 1 aliphatic heterocycles. The molecule has 0 N–H and O–H groups in total. The maximum Gasteiger partial charge on any atom is 0.123 e. The van der Waals surface area contributed by atoms with Gasteiger partial charge in [0.1, 0.15) is 5.75 Å². The Kier molecular flexibility index (Phi) is 8.30. The van der Waals surface area contributed by atoms with Gasteiger partial charge in [-0.2, -0.15) is 0 Å². The van der Waals surface area contributed by atoms with Crippen molar-refractivity contribution in [2.45, 2.75) is 25.7 Å². The second-order valence-electron chi connectivity index (χ2n) is 15.2. The molecule has 3 nitrogen and oxygen atoms in total. The lowest BCUT2D eigenvalue weighted by Gasteiger charge is -2.32. The third kappa shape index (κ3) is 5.67. The van der Waals surface area contributed by atoms with E-state index in [0.29, 0.717) is 6.61 Å². The molecule has 0 unspecified atom stereocenters. The van der Waals surface area contributed by atoms with Crippen molar-refractivity contribution in [1.82, 2.24) is 0 Å². The van der Waals surface area contributed by atoms with E-state index in [9.17, 15) is 0 Å². The largest absolute Gasteiger partial charge is 0.493 e. The van der Waals surface area contributed by atoms with Crippen LogP contribution in [0.5, 0.6) is 5.75 Å². The highest BCUT2D eigenvalue weighted by Gasteiger charge is 2.39. The van der Waals surface area contributed by atoms with Crippen molar-refractivity contribution in [3.05, 3.63) is 211 Å². The molecule has 0 saturated heterocycles. The summed E-state index contributed by atoms with van der Waals surface area (Å²) in [5, 5.41) is 0. The van der Waals surface area contributed by atoms with Crippen LogP contribution in [0.2, 0.25) is 0 Å². The molecule has 8 aromatic rings. The molecule has 0 radical (unpaired) electrons. The second kappa shape index (κ2) is 13.8. The van der Waals surface area contributed by atoms with Gasteiger partial charge in [0.2, 0.25) is 0 Å². The van der Waals surface area contributed by atoms with E-state index in [1.165, 1.54) is 50.1 Å². The van der Waals surface area contributed by atoms with Crippen LogP contribution in [-0.2, 0) is 11.8 Å². The lowest BCUT2D eigenvalue weighted by atomic mass is 9.81. The topological polar surface area (TPSA) is 15.7 Å². The van der Waals surface area contributed by atoms with Gasteiger partial charge in [-0.1, -0.05) is 135 Å². The molecule has 0 saturated carbocycles. The predicted molar refractivity (Wildman–Crippen MR) is 233 cm³/mol. The zero-order valence-corrected chi connectivity index (χ0v) is 31.7. The molecule has 2 aliphatic rings. The summed E-state index contributed by atoms with van der Waals surface area (Å²) in [6.45, 7) is 5.43. The highest BCUT2D eigenvalue weighted by Crippen LogP contribution is 2.57. The highest BCUT2D eigenvalue weighted by molar-refractivity contribution is 6.02. The minimum Gasteiger partial charge on any atom is -0.493 e. The average Bonchev–Trinajstić information content (AvgIpc) is 3.83. The van der Waals surface area contributed by atoms with E-state index in [0.717, 1.165) is 46.3 Å². The Bertz CT molecular complexity index is 2650. The SMILES string of the molecule is CC1(C)c2ccccc2-c2c1ccc(N(c1ccc(N(c3ccccc3)c3ccccc3)cc1)c1cccc(-c3ccccc3)c1)c2-c1cccc2c1CCO2. The molecule has 3 heteroatoms. The fourth-order valence-electron chi connectivity index (χ4n) is 8.93. The van der Waals surface area contributed by atoms with Gasteiger partial charge in [-0.3, -0.25) is 0 Å². The fraction of sp³-hybridized carbons (Fsp3) is 0.0943. The van der Waals surface area contributed by atoms with Crippen LogP contribution in [0, 0.1) is 0 Å². The Morgan fingerprint density at radius 2 is 0.982 bits per heavy atom. The van der Waals surface area contributed by atoms with Crippen LogP contribution in [0.4, 0.5) is 34.1 Å². The Labute approximate surface area is 329 Å². The minimum atomic E-state index is -0.147. The Balaban J connectivity index is 1.22. The zero-order chi connectivity index (χ0) is 37.6. The van der Waals surface area contributed by atoms with E-state index in [4.69, 9.17) is 4.74 Å². The number of para-hydroxylation sites is 2. The number of hydrogen-bond acceptors (Lipinski definition) is 3. The number of benzene rings is 8. The van der Waals surface area contributed by atoms with Gasteiger partial charge in [-0.15, -0.1) is 0 Å². The Morgan fingerprint density at radius 1 is 0.429 bits per heavy atom. The molecule has 0 atom stereocenters. The van der Waals surface area contributed by atoms with Crippen molar-refractivity contribution in [2.24, 2.45) is 0 Å². The molecule has 8 aromatic carbocycles.